The van der Waals surface area contributed by atoms with Crippen LogP contribution in [0.5, 0.6) is 0 Å². The highest BCUT2D eigenvalue weighted by Crippen LogP contribution is 2.30. The Morgan fingerprint density at radius 3 is 2.69 bits per heavy atom. The molecule has 1 amide bonds. The number of hydrogen-bond donors (Lipinski definition) is 1. The third kappa shape index (κ3) is 4.94. The van der Waals surface area contributed by atoms with Gasteiger partial charge in [0, 0.05) is 19.1 Å². The zero-order valence-corrected chi connectivity index (χ0v) is 20.7. The van der Waals surface area contributed by atoms with E-state index < -0.39 is 0 Å². The number of nitrogens with zero attached hydrogens (tertiary/aromatic N) is 4. The van der Waals surface area contributed by atoms with Crippen LogP contribution in [0.1, 0.15) is 44.7 Å². The molecular formula is C22H26ClN5O2S2. The molecule has 32 heavy (non-hydrogen) atoms. The third-order valence-electron chi connectivity index (χ3n) is 5.29. The molecular weight excluding hydrogens is 466 g/mol. The molecule has 0 saturated carbocycles. The Bertz CT molecular complexity index is 1200. The van der Waals surface area contributed by atoms with E-state index in [0.29, 0.717) is 26.2 Å². The molecule has 4 rings (SSSR count). The Labute approximate surface area is 200 Å². The Morgan fingerprint density at radius 2 is 2.00 bits per heavy atom. The van der Waals surface area contributed by atoms with Gasteiger partial charge in [-0.1, -0.05) is 40.8 Å². The predicted molar refractivity (Wildman–Crippen MR) is 134 cm³/mol. The van der Waals surface area contributed by atoms with Crippen LogP contribution in [-0.2, 0) is 4.79 Å². The molecule has 170 valence electrons. The van der Waals surface area contributed by atoms with Crippen molar-refractivity contribution in [1.29, 1.82) is 0 Å². The van der Waals surface area contributed by atoms with Gasteiger partial charge >= 0.3 is 0 Å². The number of nitrogens with one attached hydrogen (secondary N) is 1. The Morgan fingerprint density at radius 1 is 1.25 bits per heavy atom. The highest BCUT2D eigenvalue weighted by atomic mass is 35.5. The second-order valence-corrected chi connectivity index (χ2v) is 10.5. The summed E-state index contributed by atoms with van der Waals surface area (Å²) in [5.41, 5.74) is 1.95. The number of aromatic nitrogens is 3. The molecule has 1 aromatic carbocycles. The first-order valence-corrected chi connectivity index (χ1v) is 12.9. The van der Waals surface area contributed by atoms with E-state index in [1.54, 1.807) is 16.7 Å². The fourth-order valence-corrected chi connectivity index (χ4v) is 5.87. The molecule has 0 radical (unpaired) electrons. The first kappa shape index (κ1) is 23.1. The number of amides is 1. The number of benzene rings is 1. The van der Waals surface area contributed by atoms with Crippen molar-refractivity contribution in [3.05, 3.63) is 39.1 Å². The maximum absolute atomic E-state index is 13.2. The lowest BCUT2D eigenvalue weighted by atomic mass is 10.1. The number of rotatable bonds is 6. The van der Waals surface area contributed by atoms with Crippen LogP contribution in [-0.4, -0.2) is 39.3 Å². The van der Waals surface area contributed by atoms with Crippen LogP contribution in [0, 0.1) is 6.92 Å². The molecule has 10 heteroatoms. The zero-order valence-electron chi connectivity index (χ0n) is 18.4. The first-order valence-electron chi connectivity index (χ1n) is 10.7. The van der Waals surface area contributed by atoms with Gasteiger partial charge in [0.05, 0.1) is 16.5 Å². The lowest BCUT2D eigenvalue weighted by Gasteiger charge is -2.25. The maximum Gasteiger partial charge on any atom is 0.274 e. The van der Waals surface area contributed by atoms with Crippen molar-refractivity contribution >= 4 is 61.8 Å². The molecule has 7 nitrogen and oxygen atoms in total. The van der Waals surface area contributed by atoms with Crippen LogP contribution in [0.3, 0.4) is 0 Å². The number of aryl methyl sites for hydroxylation is 1. The van der Waals surface area contributed by atoms with Crippen LogP contribution in [0.2, 0.25) is 5.02 Å². The molecule has 0 spiro atoms. The molecule has 1 N–H and O–H groups in total. The summed E-state index contributed by atoms with van der Waals surface area (Å²) in [7, 11) is 0. The minimum atomic E-state index is -0.210. The van der Waals surface area contributed by atoms with Crippen molar-refractivity contribution < 1.29 is 4.79 Å². The van der Waals surface area contributed by atoms with Crippen LogP contribution in [0.15, 0.2) is 28.2 Å². The van der Waals surface area contributed by atoms with Crippen molar-refractivity contribution in [2.45, 2.75) is 51.2 Å². The Balaban J connectivity index is 1.57. The van der Waals surface area contributed by atoms with Crippen LogP contribution >= 0.6 is 34.7 Å². The summed E-state index contributed by atoms with van der Waals surface area (Å²) in [5, 5.41) is 4.68. The third-order valence-corrected chi connectivity index (χ3v) is 7.65. The van der Waals surface area contributed by atoms with E-state index in [1.165, 1.54) is 29.5 Å². The fourth-order valence-electron chi connectivity index (χ4n) is 3.67. The molecule has 3 aromatic rings. The van der Waals surface area contributed by atoms with E-state index in [9.17, 15) is 9.59 Å². The van der Waals surface area contributed by atoms with Gasteiger partial charge in [-0.15, -0.1) is 0 Å². The van der Waals surface area contributed by atoms with Gasteiger partial charge in [0.15, 0.2) is 15.9 Å². The van der Waals surface area contributed by atoms with E-state index in [4.69, 9.17) is 11.6 Å². The van der Waals surface area contributed by atoms with Crippen molar-refractivity contribution in [1.82, 2.24) is 14.5 Å². The molecule has 1 saturated heterocycles. The summed E-state index contributed by atoms with van der Waals surface area (Å²) >= 11 is 8.87. The molecule has 3 heterocycles. The van der Waals surface area contributed by atoms with E-state index >= 15 is 0 Å². The van der Waals surface area contributed by atoms with Crippen molar-refractivity contribution in [2.24, 2.45) is 0 Å². The summed E-state index contributed by atoms with van der Waals surface area (Å²) < 4.78 is 2.22. The highest BCUT2D eigenvalue weighted by molar-refractivity contribution is 7.99. The first-order chi connectivity index (χ1) is 15.3. The Kier molecular flexibility index (Phi) is 7.07. The van der Waals surface area contributed by atoms with E-state index in [1.807, 2.05) is 26.8 Å². The van der Waals surface area contributed by atoms with Gasteiger partial charge in [-0.05, 0) is 57.7 Å². The number of fused-ring (bicyclic) bond motifs is 1. The van der Waals surface area contributed by atoms with Gasteiger partial charge in [0.25, 0.3) is 5.56 Å². The summed E-state index contributed by atoms with van der Waals surface area (Å²) in [6.45, 7) is 7.74. The lowest BCUT2D eigenvalue weighted by Crippen LogP contribution is -2.29. The molecule has 0 bridgehead atoms. The topological polar surface area (TPSA) is 80.1 Å². The van der Waals surface area contributed by atoms with Gasteiger partial charge in [-0.3, -0.25) is 14.2 Å². The standard InChI is InChI=1S/C22H26ClN5O2S2/c1-13(2)28-20(30)18-19(25-21(32-18)27-9-5-4-6-10-27)26-22(28)31-12-17(29)24-16-8-7-14(3)11-15(16)23/h7-8,11,13H,4-6,9-10,12H2,1-3H3,(H,24,29). The molecule has 0 aliphatic carbocycles. The quantitative estimate of drug-likeness (QED) is 0.381. The van der Waals surface area contributed by atoms with Crippen molar-refractivity contribution in [3.63, 3.8) is 0 Å². The predicted octanol–water partition coefficient (Wildman–Crippen LogP) is 5.12. The number of hydrogen-bond acceptors (Lipinski definition) is 7. The number of halogens is 1. The molecule has 1 aliphatic rings. The minimum Gasteiger partial charge on any atom is -0.348 e. The van der Waals surface area contributed by atoms with Gasteiger partial charge in [-0.25, -0.2) is 4.98 Å². The van der Waals surface area contributed by atoms with Crippen LogP contribution in [0.25, 0.3) is 10.3 Å². The smallest absolute Gasteiger partial charge is 0.274 e. The molecule has 0 atom stereocenters. The molecule has 0 unspecified atom stereocenters. The van der Waals surface area contributed by atoms with Gasteiger partial charge in [0.2, 0.25) is 5.91 Å². The molecule has 1 fully saturated rings. The van der Waals surface area contributed by atoms with Crippen molar-refractivity contribution in [2.75, 3.05) is 29.1 Å². The maximum atomic E-state index is 13.2. The number of thiazole rings is 1. The monoisotopic (exact) mass is 491 g/mol. The summed E-state index contributed by atoms with van der Waals surface area (Å²) in [6, 6.07) is 5.39. The van der Waals surface area contributed by atoms with Crippen molar-refractivity contribution in [3.8, 4) is 0 Å². The number of thioether (sulfide) groups is 1. The van der Waals surface area contributed by atoms with E-state index in [2.05, 4.69) is 20.2 Å². The number of piperidine rings is 1. The summed E-state index contributed by atoms with van der Waals surface area (Å²) in [5.74, 6) is -0.101. The number of anilines is 2. The average molecular weight is 492 g/mol. The van der Waals surface area contributed by atoms with Crippen LogP contribution in [0.4, 0.5) is 10.8 Å². The summed E-state index contributed by atoms with van der Waals surface area (Å²) in [6.07, 6.45) is 3.51. The lowest BCUT2D eigenvalue weighted by molar-refractivity contribution is -0.113. The normalized spacial score (nSPS) is 14.3. The zero-order chi connectivity index (χ0) is 22.8. The SMILES string of the molecule is Cc1ccc(NC(=O)CSc2nc3nc(N4CCCCC4)sc3c(=O)n2C(C)C)c(Cl)c1. The number of carbonyl (C=O) groups is 1. The Hall–Kier alpha value is -2.10. The van der Waals surface area contributed by atoms with E-state index in [0.717, 1.165) is 36.6 Å². The highest BCUT2D eigenvalue weighted by Gasteiger charge is 2.21. The largest absolute Gasteiger partial charge is 0.348 e. The van der Waals surface area contributed by atoms with Crippen LogP contribution < -0.4 is 15.8 Å². The second kappa shape index (κ2) is 9.80. The minimum absolute atomic E-state index is 0.0861. The van der Waals surface area contributed by atoms with E-state index in [-0.39, 0.29) is 23.3 Å². The molecule has 2 aromatic heterocycles. The van der Waals surface area contributed by atoms with Gasteiger partial charge in [0.1, 0.15) is 4.70 Å². The van der Waals surface area contributed by atoms with Gasteiger partial charge in [-0.2, -0.15) is 4.98 Å². The summed E-state index contributed by atoms with van der Waals surface area (Å²) in [4.78, 5) is 37.4. The fraction of sp³-hybridized carbons (Fsp3) is 0.455. The molecule has 1 aliphatic heterocycles. The van der Waals surface area contributed by atoms with Gasteiger partial charge < -0.3 is 10.2 Å². The number of carbonyl (C=O) groups excluding carboxylic acids is 1. The second-order valence-electron chi connectivity index (χ2n) is 8.18. The average Bonchev–Trinajstić information content (AvgIpc) is 3.19.